The van der Waals surface area contributed by atoms with Gasteiger partial charge in [0.25, 0.3) is 0 Å². The molecule has 1 nitrogen and oxygen atoms in total. The molecule has 0 fully saturated rings. The molecule has 0 N–H and O–H groups in total. The van der Waals surface area contributed by atoms with Crippen LogP contribution in [0.3, 0.4) is 0 Å². The monoisotopic (exact) mass is 196 g/mol. The Labute approximate surface area is 88.5 Å². The maximum atomic E-state index is 6.03. The van der Waals surface area contributed by atoms with E-state index in [1.54, 1.807) is 0 Å². The van der Waals surface area contributed by atoms with Crippen molar-refractivity contribution in [3.63, 3.8) is 0 Å². The molecule has 0 aromatic rings. The van der Waals surface area contributed by atoms with Crippen LogP contribution >= 0.6 is 0 Å². The van der Waals surface area contributed by atoms with Gasteiger partial charge in [-0.05, 0) is 24.8 Å². The van der Waals surface area contributed by atoms with Crippen molar-refractivity contribution in [2.45, 2.75) is 60.5 Å². The first kappa shape index (κ1) is 11.6. The van der Waals surface area contributed by atoms with E-state index in [1.807, 2.05) is 0 Å². The van der Waals surface area contributed by atoms with Gasteiger partial charge < -0.3 is 4.74 Å². The minimum atomic E-state index is 0.00220. The van der Waals surface area contributed by atoms with Gasteiger partial charge in [0.2, 0.25) is 0 Å². The second-order valence-electron chi connectivity index (χ2n) is 6.29. The summed E-state index contributed by atoms with van der Waals surface area (Å²) in [4.78, 5) is 0. The molecule has 0 radical (unpaired) electrons. The minimum Gasteiger partial charge on any atom is -0.492 e. The molecule has 0 aliphatic carbocycles. The van der Waals surface area contributed by atoms with E-state index in [0.29, 0.717) is 5.92 Å². The molecule has 0 spiro atoms. The Morgan fingerprint density at radius 1 is 1.21 bits per heavy atom. The SMILES string of the molecule is CC(C)C1=C(C(C)(C)C)CC(C)(C)O1. The Hall–Kier alpha value is -0.460. The van der Waals surface area contributed by atoms with Gasteiger partial charge in [0.05, 0.1) is 5.76 Å². The van der Waals surface area contributed by atoms with Crippen LogP contribution in [0.4, 0.5) is 0 Å². The lowest BCUT2D eigenvalue weighted by Crippen LogP contribution is -2.20. The summed E-state index contributed by atoms with van der Waals surface area (Å²) in [5.41, 5.74) is 1.74. The van der Waals surface area contributed by atoms with Crippen molar-refractivity contribution in [1.29, 1.82) is 0 Å². The lowest BCUT2D eigenvalue weighted by atomic mass is 9.80. The quantitative estimate of drug-likeness (QED) is 0.612. The molecule has 0 aromatic carbocycles. The Balaban J connectivity index is 3.03. The zero-order chi connectivity index (χ0) is 11.1. The lowest BCUT2D eigenvalue weighted by Gasteiger charge is -2.22. The number of allylic oxidation sites excluding steroid dienone is 1. The zero-order valence-corrected chi connectivity index (χ0v) is 10.7. The van der Waals surface area contributed by atoms with Crippen molar-refractivity contribution >= 4 is 0 Å². The van der Waals surface area contributed by atoms with Crippen molar-refractivity contribution < 1.29 is 4.74 Å². The molecule has 82 valence electrons. The maximum Gasteiger partial charge on any atom is 0.107 e. The molecule has 1 heterocycles. The number of rotatable bonds is 1. The Kier molecular flexibility index (Phi) is 2.73. The van der Waals surface area contributed by atoms with Gasteiger partial charge in [0.1, 0.15) is 5.60 Å². The standard InChI is InChI=1S/C13H24O/c1-9(2)11-10(12(3,4)5)8-13(6,7)14-11/h9H,8H2,1-7H3. The molecule has 0 amide bonds. The molecular formula is C13H24O. The third-order valence-corrected chi connectivity index (χ3v) is 2.72. The molecule has 0 unspecified atom stereocenters. The molecule has 14 heavy (non-hydrogen) atoms. The van der Waals surface area contributed by atoms with Crippen LogP contribution in [0.15, 0.2) is 11.3 Å². The summed E-state index contributed by atoms with van der Waals surface area (Å²) >= 11 is 0. The van der Waals surface area contributed by atoms with Crippen LogP contribution in [0, 0.1) is 11.3 Å². The predicted octanol–water partition coefficient (Wildman–Crippen LogP) is 4.14. The molecule has 1 heteroatoms. The fourth-order valence-corrected chi connectivity index (χ4v) is 2.01. The predicted molar refractivity (Wildman–Crippen MR) is 61.1 cm³/mol. The van der Waals surface area contributed by atoms with Crippen molar-refractivity contribution in [3.8, 4) is 0 Å². The molecule has 0 aromatic heterocycles. The molecule has 0 saturated carbocycles. The first-order valence-corrected chi connectivity index (χ1v) is 5.56. The molecule has 1 aliphatic heterocycles. The first-order valence-electron chi connectivity index (χ1n) is 5.56. The topological polar surface area (TPSA) is 9.23 Å². The highest BCUT2D eigenvalue weighted by Crippen LogP contribution is 2.44. The smallest absolute Gasteiger partial charge is 0.107 e. The number of ether oxygens (including phenoxy) is 1. The molecule has 0 saturated heterocycles. The average Bonchev–Trinajstić information content (AvgIpc) is 2.24. The van der Waals surface area contributed by atoms with Gasteiger partial charge in [0, 0.05) is 12.3 Å². The van der Waals surface area contributed by atoms with E-state index in [0.717, 1.165) is 6.42 Å². The summed E-state index contributed by atoms with van der Waals surface area (Å²) in [5.74, 6) is 1.73. The summed E-state index contributed by atoms with van der Waals surface area (Å²) in [5, 5.41) is 0. The van der Waals surface area contributed by atoms with Crippen LogP contribution in [0.1, 0.15) is 54.9 Å². The van der Waals surface area contributed by atoms with Crippen LogP contribution in [-0.2, 0) is 4.74 Å². The zero-order valence-electron chi connectivity index (χ0n) is 10.7. The highest BCUT2D eigenvalue weighted by molar-refractivity contribution is 5.24. The van der Waals surface area contributed by atoms with E-state index in [-0.39, 0.29) is 11.0 Å². The van der Waals surface area contributed by atoms with Crippen LogP contribution < -0.4 is 0 Å². The number of hydrogen-bond donors (Lipinski definition) is 0. The average molecular weight is 196 g/mol. The van der Waals surface area contributed by atoms with Gasteiger partial charge in [-0.3, -0.25) is 0 Å². The second-order valence-corrected chi connectivity index (χ2v) is 6.29. The normalized spacial score (nSPS) is 21.7. The maximum absolute atomic E-state index is 6.03. The van der Waals surface area contributed by atoms with E-state index in [9.17, 15) is 0 Å². The van der Waals surface area contributed by atoms with Crippen molar-refractivity contribution in [2.24, 2.45) is 11.3 Å². The third-order valence-electron chi connectivity index (χ3n) is 2.72. The van der Waals surface area contributed by atoms with E-state index in [4.69, 9.17) is 4.74 Å². The van der Waals surface area contributed by atoms with Crippen LogP contribution in [0.5, 0.6) is 0 Å². The van der Waals surface area contributed by atoms with Gasteiger partial charge in [-0.15, -0.1) is 0 Å². The fourth-order valence-electron chi connectivity index (χ4n) is 2.01. The highest BCUT2D eigenvalue weighted by atomic mass is 16.5. The highest BCUT2D eigenvalue weighted by Gasteiger charge is 2.38. The molecule has 1 aliphatic rings. The molecule has 0 atom stereocenters. The summed E-state index contributed by atoms with van der Waals surface area (Å²) in [7, 11) is 0. The summed E-state index contributed by atoms with van der Waals surface area (Å²) in [6.45, 7) is 15.6. The van der Waals surface area contributed by atoms with Gasteiger partial charge in [-0.1, -0.05) is 34.6 Å². The van der Waals surface area contributed by atoms with Crippen LogP contribution in [0.25, 0.3) is 0 Å². The number of hydrogen-bond acceptors (Lipinski definition) is 1. The van der Waals surface area contributed by atoms with Crippen molar-refractivity contribution in [2.75, 3.05) is 0 Å². The molecular weight excluding hydrogens is 172 g/mol. The summed E-state index contributed by atoms with van der Waals surface area (Å²) in [6, 6.07) is 0. The van der Waals surface area contributed by atoms with Gasteiger partial charge >= 0.3 is 0 Å². The van der Waals surface area contributed by atoms with Gasteiger partial charge in [-0.25, -0.2) is 0 Å². The van der Waals surface area contributed by atoms with E-state index in [2.05, 4.69) is 48.5 Å². The Bertz CT molecular complexity index is 251. The van der Waals surface area contributed by atoms with Crippen LogP contribution in [0.2, 0.25) is 0 Å². The van der Waals surface area contributed by atoms with Crippen molar-refractivity contribution in [1.82, 2.24) is 0 Å². The Morgan fingerprint density at radius 3 is 2.00 bits per heavy atom. The van der Waals surface area contributed by atoms with Gasteiger partial charge in [0.15, 0.2) is 0 Å². The Morgan fingerprint density at radius 2 is 1.71 bits per heavy atom. The minimum absolute atomic E-state index is 0.00220. The summed E-state index contributed by atoms with van der Waals surface area (Å²) < 4.78 is 6.03. The fraction of sp³-hybridized carbons (Fsp3) is 0.846. The van der Waals surface area contributed by atoms with E-state index < -0.39 is 0 Å². The van der Waals surface area contributed by atoms with E-state index >= 15 is 0 Å². The molecule has 0 bridgehead atoms. The summed E-state index contributed by atoms with van der Waals surface area (Å²) in [6.07, 6.45) is 1.07. The first-order chi connectivity index (χ1) is 6.13. The molecule has 1 rings (SSSR count). The van der Waals surface area contributed by atoms with Crippen molar-refractivity contribution in [3.05, 3.63) is 11.3 Å². The third kappa shape index (κ3) is 2.31. The van der Waals surface area contributed by atoms with Crippen LogP contribution in [-0.4, -0.2) is 5.60 Å². The van der Waals surface area contributed by atoms with Gasteiger partial charge in [-0.2, -0.15) is 0 Å². The lowest BCUT2D eigenvalue weighted by molar-refractivity contribution is 0.0484. The second kappa shape index (κ2) is 3.29. The van der Waals surface area contributed by atoms with E-state index in [1.165, 1.54) is 11.3 Å². The largest absolute Gasteiger partial charge is 0.492 e.